The standard InChI is InChI=1S/C28H36N4O2S/c1-21-27(20-31-12-14-34-15-13-31)35-28(30-21)32(19-23-4-3-5-26(16-23)33-2)18-22-6-8-24(9-7-22)25-10-11-29-17-25/h3-9,16,25,29H,10-15,17-20H2,1-2H3/t25-/m1/s1. The molecule has 1 aromatic heterocycles. The second-order valence-corrected chi connectivity index (χ2v) is 10.6. The molecule has 5 rings (SSSR count). The van der Waals surface area contributed by atoms with Gasteiger partial charge in [0.05, 0.1) is 26.0 Å². The number of nitrogens with one attached hydrogen (secondary N) is 1. The molecule has 2 fully saturated rings. The van der Waals surface area contributed by atoms with Crippen molar-refractivity contribution in [2.24, 2.45) is 0 Å². The highest BCUT2D eigenvalue weighted by Crippen LogP contribution is 2.31. The van der Waals surface area contributed by atoms with Crippen molar-refractivity contribution in [2.75, 3.05) is 51.4 Å². The molecule has 0 aliphatic carbocycles. The van der Waals surface area contributed by atoms with Crippen LogP contribution in [0.4, 0.5) is 5.13 Å². The molecule has 0 radical (unpaired) electrons. The summed E-state index contributed by atoms with van der Waals surface area (Å²) in [4.78, 5) is 11.3. The molecule has 3 heterocycles. The van der Waals surface area contributed by atoms with E-state index in [2.05, 4.69) is 64.5 Å². The van der Waals surface area contributed by atoms with Crippen LogP contribution in [0.1, 0.15) is 39.6 Å². The SMILES string of the molecule is COc1cccc(CN(Cc2ccc([C@@H]3CCNC3)cc2)c2nc(C)c(CN3CCOCC3)s2)c1. The third-order valence-electron chi connectivity index (χ3n) is 7.02. The van der Waals surface area contributed by atoms with E-state index in [9.17, 15) is 0 Å². The lowest BCUT2D eigenvalue weighted by molar-refractivity contribution is 0.0345. The zero-order chi connectivity index (χ0) is 24.0. The summed E-state index contributed by atoms with van der Waals surface area (Å²) in [5, 5.41) is 4.56. The first-order chi connectivity index (χ1) is 17.2. The summed E-state index contributed by atoms with van der Waals surface area (Å²) >= 11 is 1.83. The van der Waals surface area contributed by atoms with Crippen LogP contribution in [0.25, 0.3) is 0 Å². The summed E-state index contributed by atoms with van der Waals surface area (Å²) < 4.78 is 11.0. The molecule has 1 N–H and O–H groups in total. The monoisotopic (exact) mass is 492 g/mol. The Hall–Kier alpha value is -2.45. The van der Waals surface area contributed by atoms with Crippen molar-refractivity contribution < 1.29 is 9.47 Å². The fraction of sp³-hybridized carbons (Fsp3) is 0.464. The Morgan fingerprint density at radius 1 is 1.11 bits per heavy atom. The first-order valence-corrected chi connectivity index (χ1v) is 13.4. The van der Waals surface area contributed by atoms with E-state index in [1.54, 1.807) is 7.11 Å². The van der Waals surface area contributed by atoms with Crippen LogP contribution in [0.15, 0.2) is 48.5 Å². The van der Waals surface area contributed by atoms with Gasteiger partial charge in [-0.1, -0.05) is 36.4 Å². The molecule has 6 nitrogen and oxygen atoms in total. The third-order valence-corrected chi connectivity index (χ3v) is 8.22. The van der Waals surface area contributed by atoms with Crippen molar-refractivity contribution in [3.63, 3.8) is 0 Å². The molecule has 2 aromatic carbocycles. The molecular formula is C28H36N4O2S. The van der Waals surface area contributed by atoms with Crippen LogP contribution in [0.3, 0.4) is 0 Å². The Morgan fingerprint density at radius 3 is 2.66 bits per heavy atom. The summed E-state index contributed by atoms with van der Waals surface area (Å²) in [6, 6.07) is 17.6. The highest BCUT2D eigenvalue weighted by Gasteiger charge is 2.20. The number of hydrogen-bond donors (Lipinski definition) is 1. The van der Waals surface area contributed by atoms with Crippen LogP contribution in [0.5, 0.6) is 5.75 Å². The highest BCUT2D eigenvalue weighted by atomic mass is 32.1. The highest BCUT2D eigenvalue weighted by molar-refractivity contribution is 7.15. The number of nitrogens with zero attached hydrogens (tertiary/aromatic N) is 3. The van der Waals surface area contributed by atoms with Gasteiger partial charge in [0.25, 0.3) is 0 Å². The van der Waals surface area contributed by atoms with Gasteiger partial charge in [0.2, 0.25) is 0 Å². The molecule has 186 valence electrons. The lowest BCUT2D eigenvalue weighted by atomic mass is 9.97. The normalized spacial score (nSPS) is 18.6. The number of aryl methyl sites for hydroxylation is 1. The predicted octanol–water partition coefficient (Wildman–Crippen LogP) is 4.58. The Kier molecular flexibility index (Phi) is 7.99. The lowest BCUT2D eigenvalue weighted by Crippen LogP contribution is -2.35. The second kappa shape index (κ2) is 11.5. The second-order valence-electron chi connectivity index (χ2n) is 9.53. The number of hydrogen-bond acceptors (Lipinski definition) is 7. The van der Waals surface area contributed by atoms with Gasteiger partial charge in [0, 0.05) is 44.1 Å². The van der Waals surface area contributed by atoms with Gasteiger partial charge in [-0.2, -0.15) is 0 Å². The fourth-order valence-corrected chi connectivity index (χ4v) is 6.00. The van der Waals surface area contributed by atoms with Crippen LogP contribution >= 0.6 is 11.3 Å². The van der Waals surface area contributed by atoms with E-state index in [0.29, 0.717) is 5.92 Å². The first kappa shape index (κ1) is 24.3. The lowest BCUT2D eigenvalue weighted by Gasteiger charge is -2.26. The molecule has 35 heavy (non-hydrogen) atoms. The molecule has 7 heteroatoms. The van der Waals surface area contributed by atoms with Gasteiger partial charge in [-0.3, -0.25) is 4.90 Å². The topological polar surface area (TPSA) is 49.9 Å². The van der Waals surface area contributed by atoms with Crippen molar-refractivity contribution in [2.45, 2.75) is 38.9 Å². The van der Waals surface area contributed by atoms with Gasteiger partial charge >= 0.3 is 0 Å². The minimum Gasteiger partial charge on any atom is -0.497 e. The van der Waals surface area contributed by atoms with Crippen molar-refractivity contribution in [3.05, 3.63) is 75.8 Å². The average Bonchev–Trinajstić information content (AvgIpc) is 3.55. The van der Waals surface area contributed by atoms with Gasteiger partial charge in [-0.05, 0) is 54.6 Å². The van der Waals surface area contributed by atoms with E-state index < -0.39 is 0 Å². The van der Waals surface area contributed by atoms with Crippen molar-refractivity contribution in [3.8, 4) is 5.75 Å². The molecule has 3 aromatic rings. The molecule has 2 saturated heterocycles. The number of benzene rings is 2. The Balaban J connectivity index is 1.37. The maximum absolute atomic E-state index is 5.53. The fourth-order valence-electron chi connectivity index (χ4n) is 4.89. The molecule has 2 aliphatic heterocycles. The molecule has 1 atom stereocenters. The van der Waals surface area contributed by atoms with Crippen LogP contribution in [-0.2, 0) is 24.4 Å². The largest absolute Gasteiger partial charge is 0.497 e. The van der Waals surface area contributed by atoms with Crippen molar-refractivity contribution in [1.29, 1.82) is 0 Å². The average molecular weight is 493 g/mol. The summed E-state index contributed by atoms with van der Waals surface area (Å²) in [6.07, 6.45) is 1.23. The smallest absolute Gasteiger partial charge is 0.186 e. The number of methoxy groups -OCH3 is 1. The number of morpholine rings is 1. The van der Waals surface area contributed by atoms with Gasteiger partial charge in [-0.25, -0.2) is 4.98 Å². The molecule has 0 spiro atoms. The first-order valence-electron chi connectivity index (χ1n) is 12.6. The van der Waals surface area contributed by atoms with Gasteiger partial charge < -0.3 is 19.7 Å². The zero-order valence-electron chi connectivity index (χ0n) is 20.8. The Morgan fingerprint density at radius 2 is 1.91 bits per heavy atom. The molecular weight excluding hydrogens is 456 g/mol. The van der Waals surface area contributed by atoms with E-state index in [1.807, 2.05) is 17.4 Å². The minimum absolute atomic E-state index is 0.640. The Bertz CT molecular complexity index is 1090. The molecule has 0 saturated carbocycles. The van der Waals surface area contributed by atoms with E-state index >= 15 is 0 Å². The molecule has 2 aliphatic rings. The maximum Gasteiger partial charge on any atom is 0.186 e. The predicted molar refractivity (Wildman–Crippen MR) is 142 cm³/mol. The molecule has 0 amide bonds. The van der Waals surface area contributed by atoms with Crippen LogP contribution in [0, 0.1) is 6.92 Å². The number of aromatic nitrogens is 1. The quantitative estimate of drug-likeness (QED) is 0.472. The van der Waals surface area contributed by atoms with Gasteiger partial charge in [0.15, 0.2) is 5.13 Å². The zero-order valence-corrected chi connectivity index (χ0v) is 21.7. The summed E-state index contributed by atoms with van der Waals surface area (Å²) in [6.45, 7) is 10.5. The minimum atomic E-state index is 0.640. The van der Waals surface area contributed by atoms with Gasteiger partial charge in [-0.15, -0.1) is 11.3 Å². The number of thiazole rings is 1. The maximum atomic E-state index is 5.53. The van der Waals surface area contributed by atoms with E-state index in [4.69, 9.17) is 14.5 Å². The molecule has 0 unspecified atom stereocenters. The number of rotatable bonds is 9. The van der Waals surface area contributed by atoms with E-state index in [0.717, 1.165) is 75.6 Å². The molecule has 0 bridgehead atoms. The summed E-state index contributed by atoms with van der Waals surface area (Å²) in [5.41, 5.74) is 5.11. The van der Waals surface area contributed by atoms with E-state index in [-0.39, 0.29) is 0 Å². The number of anilines is 1. The third kappa shape index (κ3) is 6.22. The number of ether oxygens (including phenoxy) is 2. The van der Waals surface area contributed by atoms with Gasteiger partial charge in [0.1, 0.15) is 5.75 Å². The summed E-state index contributed by atoms with van der Waals surface area (Å²) in [5.74, 6) is 1.53. The van der Waals surface area contributed by atoms with Crippen molar-refractivity contribution in [1.82, 2.24) is 15.2 Å². The van der Waals surface area contributed by atoms with Crippen molar-refractivity contribution >= 4 is 16.5 Å². The summed E-state index contributed by atoms with van der Waals surface area (Å²) in [7, 11) is 1.72. The van der Waals surface area contributed by atoms with Crippen LogP contribution < -0.4 is 15.0 Å². The van der Waals surface area contributed by atoms with E-state index in [1.165, 1.54) is 28.0 Å². The van der Waals surface area contributed by atoms with Crippen LogP contribution in [0.2, 0.25) is 0 Å². The Labute approximate surface area is 212 Å². The van der Waals surface area contributed by atoms with Crippen LogP contribution in [-0.4, -0.2) is 56.4 Å².